The van der Waals surface area contributed by atoms with Gasteiger partial charge in [-0.05, 0) is 73.9 Å². The SMILES string of the molecule is Brc1cc(Br)c(NCc2ccccc2C2CC2)c(Br)c1. The number of hydrogen-bond donors (Lipinski definition) is 1. The molecule has 0 heterocycles. The molecule has 1 aliphatic carbocycles. The summed E-state index contributed by atoms with van der Waals surface area (Å²) in [6, 6.07) is 12.9. The lowest BCUT2D eigenvalue weighted by atomic mass is 10.0. The van der Waals surface area contributed by atoms with E-state index >= 15 is 0 Å². The first-order chi connectivity index (χ1) is 9.65. The number of halogens is 3. The van der Waals surface area contributed by atoms with Crippen molar-refractivity contribution in [3.63, 3.8) is 0 Å². The Morgan fingerprint density at radius 3 is 2.30 bits per heavy atom. The van der Waals surface area contributed by atoms with Gasteiger partial charge in [-0.3, -0.25) is 0 Å². The van der Waals surface area contributed by atoms with E-state index in [1.807, 2.05) is 0 Å². The van der Waals surface area contributed by atoms with Crippen molar-refractivity contribution in [1.29, 1.82) is 0 Å². The zero-order valence-electron chi connectivity index (χ0n) is 10.8. The summed E-state index contributed by atoms with van der Waals surface area (Å²) < 4.78 is 3.17. The minimum absolute atomic E-state index is 0.782. The van der Waals surface area contributed by atoms with Gasteiger partial charge in [0.1, 0.15) is 0 Å². The van der Waals surface area contributed by atoms with Crippen LogP contribution in [0.25, 0.3) is 0 Å². The van der Waals surface area contributed by atoms with Gasteiger partial charge in [0.05, 0.1) is 5.69 Å². The van der Waals surface area contributed by atoms with Crippen LogP contribution in [0.3, 0.4) is 0 Å². The average molecular weight is 460 g/mol. The predicted octanol–water partition coefficient (Wildman–Crippen LogP) is 6.46. The van der Waals surface area contributed by atoms with E-state index in [0.717, 1.165) is 31.6 Å². The highest BCUT2D eigenvalue weighted by atomic mass is 79.9. The van der Waals surface area contributed by atoms with Crippen LogP contribution in [0.2, 0.25) is 0 Å². The van der Waals surface area contributed by atoms with Crippen LogP contribution < -0.4 is 5.32 Å². The van der Waals surface area contributed by atoms with Crippen LogP contribution in [-0.4, -0.2) is 0 Å². The van der Waals surface area contributed by atoms with Gasteiger partial charge in [0.25, 0.3) is 0 Å². The molecular formula is C16H14Br3N. The Morgan fingerprint density at radius 2 is 1.65 bits per heavy atom. The minimum Gasteiger partial charge on any atom is -0.379 e. The van der Waals surface area contributed by atoms with Crippen LogP contribution in [0.4, 0.5) is 5.69 Å². The Morgan fingerprint density at radius 1 is 1.00 bits per heavy atom. The van der Waals surface area contributed by atoms with Crippen molar-refractivity contribution in [3.8, 4) is 0 Å². The molecule has 1 saturated carbocycles. The zero-order valence-corrected chi connectivity index (χ0v) is 15.6. The third kappa shape index (κ3) is 3.29. The van der Waals surface area contributed by atoms with E-state index in [0.29, 0.717) is 0 Å². The van der Waals surface area contributed by atoms with E-state index in [4.69, 9.17) is 0 Å². The Kier molecular flexibility index (Phi) is 4.53. The van der Waals surface area contributed by atoms with Gasteiger partial charge in [0, 0.05) is 20.0 Å². The van der Waals surface area contributed by atoms with Crippen LogP contribution in [0.5, 0.6) is 0 Å². The van der Waals surface area contributed by atoms with E-state index in [1.165, 1.54) is 24.0 Å². The summed E-state index contributed by atoms with van der Waals surface area (Å²) in [7, 11) is 0. The summed E-state index contributed by atoms with van der Waals surface area (Å²) in [4.78, 5) is 0. The Hall–Kier alpha value is -0.320. The molecule has 1 N–H and O–H groups in total. The summed E-state index contributed by atoms with van der Waals surface area (Å²) in [6.45, 7) is 0.853. The van der Waals surface area contributed by atoms with Crippen LogP contribution in [0.15, 0.2) is 49.8 Å². The van der Waals surface area contributed by atoms with Gasteiger partial charge in [0.15, 0.2) is 0 Å². The Labute approximate surface area is 144 Å². The maximum absolute atomic E-state index is 3.61. The molecule has 0 atom stereocenters. The number of rotatable bonds is 4. The van der Waals surface area contributed by atoms with Crippen molar-refractivity contribution in [2.45, 2.75) is 25.3 Å². The molecule has 0 spiro atoms. The molecule has 4 heteroatoms. The monoisotopic (exact) mass is 457 g/mol. The standard InChI is InChI=1S/C16H14Br3N/c17-12-7-14(18)16(15(19)8-12)20-9-11-3-1-2-4-13(11)10-5-6-10/h1-4,7-8,10,20H,5-6,9H2. The lowest BCUT2D eigenvalue weighted by Gasteiger charge is -2.14. The fraction of sp³-hybridized carbons (Fsp3) is 0.250. The van der Waals surface area contributed by atoms with Crippen molar-refractivity contribution < 1.29 is 0 Å². The minimum atomic E-state index is 0.782. The second-order valence-corrected chi connectivity index (χ2v) is 7.70. The van der Waals surface area contributed by atoms with E-state index < -0.39 is 0 Å². The molecular weight excluding hydrogens is 446 g/mol. The van der Waals surface area contributed by atoms with Crippen molar-refractivity contribution in [3.05, 3.63) is 60.9 Å². The molecule has 1 nitrogen and oxygen atoms in total. The molecule has 1 aliphatic rings. The van der Waals surface area contributed by atoms with Crippen LogP contribution in [0, 0.1) is 0 Å². The van der Waals surface area contributed by atoms with Crippen LogP contribution >= 0.6 is 47.8 Å². The smallest absolute Gasteiger partial charge is 0.0632 e. The highest BCUT2D eigenvalue weighted by Gasteiger charge is 2.25. The molecule has 0 radical (unpaired) electrons. The first-order valence-electron chi connectivity index (χ1n) is 6.61. The van der Waals surface area contributed by atoms with Gasteiger partial charge in [-0.25, -0.2) is 0 Å². The lowest BCUT2D eigenvalue weighted by molar-refractivity contribution is 1.03. The molecule has 0 unspecified atom stereocenters. The van der Waals surface area contributed by atoms with Crippen molar-refractivity contribution in [2.24, 2.45) is 0 Å². The fourth-order valence-corrected chi connectivity index (χ4v) is 4.92. The molecule has 20 heavy (non-hydrogen) atoms. The van der Waals surface area contributed by atoms with E-state index in [1.54, 1.807) is 0 Å². The maximum atomic E-state index is 3.61. The molecule has 0 saturated heterocycles. The molecule has 0 bridgehead atoms. The van der Waals surface area contributed by atoms with Crippen molar-refractivity contribution in [2.75, 3.05) is 5.32 Å². The van der Waals surface area contributed by atoms with Gasteiger partial charge in [-0.2, -0.15) is 0 Å². The average Bonchev–Trinajstić information content (AvgIpc) is 3.22. The number of anilines is 1. The molecule has 3 rings (SSSR count). The molecule has 2 aromatic carbocycles. The number of nitrogens with one attached hydrogen (secondary N) is 1. The topological polar surface area (TPSA) is 12.0 Å². The molecule has 0 aromatic heterocycles. The lowest BCUT2D eigenvalue weighted by Crippen LogP contribution is -2.03. The molecule has 104 valence electrons. The maximum Gasteiger partial charge on any atom is 0.0632 e. The predicted molar refractivity (Wildman–Crippen MR) is 95.3 cm³/mol. The molecule has 0 aliphatic heterocycles. The van der Waals surface area contributed by atoms with Crippen LogP contribution in [-0.2, 0) is 6.54 Å². The first-order valence-corrected chi connectivity index (χ1v) is 8.99. The zero-order chi connectivity index (χ0) is 14.1. The summed E-state index contributed by atoms with van der Waals surface area (Å²) in [5, 5.41) is 3.53. The van der Waals surface area contributed by atoms with Crippen LogP contribution in [0.1, 0.15) is 29.9 Å². The van der Waals surface area contributed by atoms with E-state index in [-0.39, 0.29) is 0 Å². The van der Waals surface area contributed by atoms with Gasteiger partial charge in [0.2, 0.25) is 0 Å². The van der Waals surface area contributed by atoms with E-state index in [9.17, 15) is 0 Å². The largest absolute Gasteiger partial charge is 0.379 e. The second kappa shape index (κ2) is 6.20. The summed E-state index contributed by atoms with van der Waals surface area (Å²) in [5.41, 5.74) is 4.00. The number of hydrogen-bond acceptors (Lipinski definition) is 1. The first kappa shape index (κ1) is 14.6. The highest BCUT2D eigenvalue weighted by molar-refractivity contribution is 9.11. The third-order valence-corrected chi connectivity index (χ3v) is 5.24. The number of benzene rings is 2. The Balaban J connectivity index is 1.80. The van der Waals surface area contributed by atoms with Gasteiger partial charge >= 0.3 is 0 Å². The molecule has 0 amide bonds. The summed E-state index contributed by atoms with van der Waals surface area (Å²) in [5.74, 6) is 0.782. The van der Waals surface area contributed by atoms with Crippen molar-refractivity contribution >= 4 is 53.5 Å². The molecule has 1 fully saturated rings. The van der Waals surface area contributed by atoms with E-state index in [2.05, 4.69) is 89.5 Å². The second-order valence-electron chi connectivity index (χ2n) is 5.07. The normalized spacial score (nSPS) is 14.3. The van der Waals surface area contributed by atoms with Gasteiger partial charge in [-0.15, -0.1) is 0 Å². The highest BCUT2D eigenvalue weighted by Crippen LogP contribution is 2.42. The summed E-state index contributed by atoms with van der Waals surface area (Å²) in [6.07, 6.45) is 2.67. The van der Waals surface area contributed by atoms with Gasteiger partial charge < -0.3 is 5.32 Å². The Bertz CT molecular complexity index is 612. The quantitative estimate of drug-likeness (QED) is 0.553. The third-order valence-electron chi connectivity index (χ3n) is 3.53. The van der Waals surface area contributed by atoms with Crippen molar-refractivity contribution in [1.82, 2.24) is 0 Å². The summed E-state index contributed by atoms with van der Waals surface area (Å²) >= 11 is 10.7. The van der Waals surface area contributed by atoms with Gasteiger partial charge in [-0.1, -0.05) is 40.2 Å². The fourth-order valence-electron chi connectivity index (χ4n) is 2.38. The molecule has 2 aromatic rings.